The summed E-state index contributed by atoms with van der Waals surface area (Å²) in [6.07, 6.45) is 0. The largest absolute Gasteiger partial charge is 0.399 e. The van der Waals surface area contributed by atoms with Crippen LogP contribution in [-0.2, 0) is 0 Å². The molecule has 0 spiro atoms. The number of nitrogen functional groups attached to an aromatic ring is 1. The highest BCUT2D eigenvalue weighted by atomic mass is 35.5. The predicted octanol–water partition coefficient (Wildman–Crippen LogP) is 5.47. The minimum Gasteiger partial charge on any atom is -0.399 e. The van der Waals surface area contributed by atoms with Crippen LogP contribution >= 0.6 is 23.2 Å². The smallest absolute Gasteiger partial charge is 0.0764 e. The quantitative estimate of drug-likeness (QED) is 0.616. The number of hydrogen-bond donors (Lipinski definition) is 2. The van der Waals surface area contributed by atoms with Gasteiger partial charge in [0.25, 0.3) is 0 Å². The van der Waals surface area contributed by atoms with Crippen LogP contribution in [0.3, 0.4) is 0 Å². The molecule has 3 aromatic carbocycles. The van der Waals surface area contributed by atoms with Crippen molar-refractivity contribution in [2.24, 2.45) is 0 Å². The molecule has 3 aromatic rings. The minimum absolute atomic E-state index is 0.503. The van der Waals surface area contributed by atoms with Gasteiger partial charge < -0.3 is 11.1 Å². The fraction of sp³-hybridized carbons (Fsp3) is 0. The molecule has 0 aliphatic rings. The van der Waals surface area contributed by atoms with Gasteiger partial charge in [0.1, 0.15) is 0 Å². The van der Waals surface area contributed by atoms with E-state index in [1.165, 1.54) is 0 Å². The van der Waals surface area contributed by atoms with Gasteiger partial charge in [-0.05, 0) is 23.6 Å². The third-order valence-corrected chi connectivity index (χ3v) is 3.71. The lowest BCUT2D eigenvalue weighted by Crippen LogP contribution is -1.95. The van der Waals surface area contributed by atoms with E-state index in [4.69, 9.17) is 28.9 Å². The van der Waals surface area contributed by atoms with Gasteiger partial charge >= 0.3 is 0 Å². The van der Waals surface area contributed by atoms with Gasteiger partial charge in [0.05, 0.1) is 15.7 Å². The Morgan fingerprint density at radius 2 is 1.50 bits per heavy atom. The first kappa shape index (κ1) is 13.1. The highest BCUT2D eigenvalue weighted by Gasteiger charge is 2.09. The van der Waals surface area contributed by atoms with E-state index < -0.39 is 0 Å². The molecule has 0 unspecified atom stereocenters. The highest BCUT2D eigenvalue weighted by molar-refractivity contribution is 6.39. The number of nitrogens with two attached hydrogens (primary N) is 1. The van der Waals surface area contributed by atoms with Crippen LogP contribution in [0.15, 0.2) is 54.6 Å². The SMILES string of the molecule is Nc1cc(Cl)c(Nc2cccc3ccccc23)c(Cl)c1. The number of benzene rings is 3. The Balaban J connectivity index is 2.10. The Bertz CT molecular complexity index is 756. The zero-order valence-electron chi connectivity index (χ0n) is 10.5. The first-order chi connectivity index (χ1) is 9.65. The van der Waals surface area contributed by atoms with Crippen molar-refractivity contribution in [2.45, 2.75) is 0 Å². The summed E-state index contributed by atoms with van der Waals surface area (Å²) in [6.45, 7) is 0. The van der Waals surface area contributed by atoms with E-state index in [2.05, 4.69) is 23.5 Å². The monoisotopic (exact) mass is 302 g/mol. The Morgan fingerprint density at radius 3 is 2.25 bits per heavy atom. The van der Waals surface area contributed by atoms with Gasteiger partial charge in [-0.25, -0.2) is 0 Å². The van der Waals surface area contributed by atoms with Crippen molar-refractivity contribution in [3.05, 3.63) is 64.6 Å². The molecule has 0 heterocycles. The third-order valence-electron chi connectivity index (χ3n) is 3.11. The first-order valence-electron chi connectivity index (χ1n) is 6.14. The second-order valence-electron chi connectivity index (χ2n) is 4.51. The van der Waals surface area contributed by atoms with Crippen LogP contribution in [0.1, 0.15) is 0 Å². The van der Waals surface area contributed by atoms with E-state index in [-0.39, 0.29) is 0 Å². The summed E-state index contributed by atoms with van der Waals surface area (Å²) in [5, 5.41) is 6.56. The topological polar surface area (TPSA) is 38.0 Å². The minimum atomic E-state index is 0.503. The number of anilines is 3. The fourth-order valence-corrected chi connectivity index (χ4v) is 2.78. The van der Waals surface area contributed by atoms with Crippen LogP contribution in [0.2, 0.25) is 10.0 Å². The van der Waals surface area contributed by atoms with Crippen LogP contribution in [0.5, 0.6) is 0 Å². The molecule has 0 radical (unpaired) electrons. The standard InChI is InChI=1S/C16H12Cl2N2/c17-13-8-11(19)9-14(18)16(13)20-15-7-3-5-10-4-1-2-6-12(10)15/h1-9,20H,19H2. The number of nitrogens with one attached hydrogen (secondary N) is 1. The van der Waals surface area contributed by atoms with Gasteiger partial charge in [-0.1, -0.05) is 59.6 Å². The average Bonchev–Trinajstić information content (AvgIpc) is 2.43. The fourth-order valence-electron chi connectivity index (χ4n) is 2.18. The molecule has 100 valence electrons. The van der Waals surface area contributed by atoms with Crippen LogP contribution in [0.4, 0.5) is 17.1 Å². The summed E-state index contributed by atoms with van der Waals surface area (Å²) in [7, 11) is 0. The normalized spacial score (nSPS) is 10.7. The van der Waals surface area contributed by atoms with E-state index in [1.807, 2.05) is 24.3 Å². The summed E-state index contributed by atoms with van der Waals surface area (Å²) in [5.41, 5.74) is 7.88. The van der Waals surface area contributed by atoms with Gasteiger partial charge in [-0.2, -0.15) is 0 Å². The molecule has 0 aliphatic carbocycles. The Kier molecular flexibility index (Phi) is 3.43. The predicted molar refractivity (Wildman–Crippen MR) is 88.1 cm³/mol. The lowest BCUT2D eigenvalue weighted by atomic mass is 10.1. The molecular formula is C16H12Cl2N2. The zero-order valence-corrected chi connectivity index (χ0v) is 12.0. The van der Waals surface area contributed by atoms with Crippen molar-refractivity contribution in [3.8, 4) is 0 Å². The molecule has 3 rings (SSSR count). The zero-order chi connectivity index (χ0) is 14.1. The molecule has 20 heavy (non-hydrogen) atoms. The molecular weight excluding hydrogens is 291 g/mol. The molecule has 0 fully saturated rings. The molecule has 0 aliphatic heterocycles. The molecule has 3 N–H and O–H groups in total. The maximum absolute atomic E-state index is 6.21. The van der Waals surface area contributed by atoms with Gasteiger partial charge in [0.15, 0.2) is 0 Å². The van der Waals surface area contributed by atoms with Gasteiger partial charge in [-0.15, -0.1) is 0 Å². The molecule has 0 amide bonds. The highest BCUT2D eigenvalue weighted by Crippen LogP contribution is 2.36. The molecule has 4 heteroatoms. The van der Waals surface area contributed by atoms with Gasteiger partial charge in [0, 0.05) is 16.8 Å². The van der Waals surface area contributed by atoms with Crippen molar-refractivity contribution < 1.29 is 0 Å². The van der Waals surface area contributed by atoms with E-state index in [1.54, 1.807) is 12.1 Å². The average molecular weight is 303 g/mol. The lowest BCUT2D eigenvalue weighted by molar-refractivity contribution is 1.57. The van der Waals surface area contributed by atoms with Gasteiger partial charge in [0.2, 0.25) is 0 Å². The van der Waals surface area contributed by atoms with E-state index in [9.17, 15) is 0 Å². The third kappa shape index (κ3) is 2.40. The van der Waals surface area contributed by atoms with Crippen molar-refractivity contribution in [1.82, 2.24) is 0 Å². The summed E-state index contributed by atoms with van der Waals surface area (Å²) < 4.78 is 0. The summed E-state index contributed by atoms with van der Waals surface area (Å²) in [4.78, 5) is 0. The van der Waals surface area contributed by atoms with Crippen molar-refractivity contribution in [2.75, 3.05) is 11.1 Å². The molecule has 0 atom stereocenters. The first-order valence-corrected chi connectivity index (χ1v) is 6.90. The van der Waals surface area contributed by atoms with E-state index >= 15 is 0 Å². The number of hydrogen-bond acceptors (Lipinski definition) is 2. The second kappa shape index (κ2) is 5.23. The van der Waals surface area contributed by atoms with Crippen LogP contribution in [0, 0.1) is 0 Å². The Hall–Kier alpha value is -1.90. The molecule has 2 nitrogen and oxygen atoms in total. The molecule has 0 aromatic heterocycles. The molecule has 0 saturated heterocycles. The van der Waals surface area contributed by atoms with Crippen LogP contribution < -0.4 is 11.1 Å². The molecule has 0 bridgehead atoms. The maximum Gasteiger partial charge on any atom is 0.0764 e. The Labute approximate surface area is 127 Å². The van der Waals surface area contributed by atoms with Crippen molar-refractivity contribution >= 4 is 51.0 Å². The van der Waals surface area contributed by atoms with Crippen molar-refractivity contribution in [3.63, 3.8) is 0 Å². The van der Waals surface area contributed by atoms with E-state index in [0.717, 1.165) is 16.5 Å². The Morgan fingerprint density at radius 1 is 0.850 bits per heavy atom. The lowest BCUT2D eigenvalue weighted by Gasteiger charge is -2.13. The summed E-state index contributed by atoms with van der Waals surface area (Å²) >= 11 is 12.4. The number of halogens is 2. The summed E-state index contributed by atoms with van der Waals surface area (Å²) in [6, 6.07) is 17.5. The summed E-state index contributed by atoms with van der Waals surface area (Å²) in [5.74, 6) is 0. The van der Waals surface area contributed by atoms with Crippen LogP contribution in [0.25, 0.3) is 10.8 Å². The maximum atomic E-state index is 6.21. The second-order valence-corrected chi connectivity index (χ2v) is 5.33. The number of fused-ring (bicyclic) bond motifs is 1. The van der Waals surface area contributed by atoms with Gasteiger partial charge in [-0.3, -0.25) is 0 Å². The number of rotatable bonds is 2. The van der Waals surface area contributed by atoms with Crippen molar-refractivity contribution in [1.29, 1.82) is 0 Å². The van der Waals surface area contributed by atoms with E-state index in [0.29, 0.717) is 21.4 Å². The van der Waals surface area contributed by atoms with Crippen LogP contribution in [-0.4, -0.2) is 0 Å². The molecule has 0 saturated carbocycles.